The number of nitrogens with one attached hydrogen (secondary N) is 2. The first-order valence-corrected chi connectivity index (χ1v) is 7.51. The van der Waals surface area contributed by atoms with Gasteiger partial charge in [-0.25, -0.2) is 4.98 Å². The van der Waals surface area contributed by atoms with E-state index in [1.807, 2.05) is 6.92 Å². The van der Waals surface area contributed by atoms with Gasteiger partial charge in [-0.1, -0.05) is 13.3 Å². The van der Waals surface area contributed by atoms with E-state index >= 15 is 0 Å². The molecule has 1 saturated heterocycles. The van der Waals surface area contributed by atoms with Gasteiger partial charge in [0.1, 0.15) is 5.52 Å². The molecule has 20 heavy (non-hydrogen) atoms. The van der Waals surface area contributed by atoms with Crippen molar-refractivity contribution in [3.8, 4) is 0 Å². The summed E-state index contributed by atoms with van der Waals surface area (Å²) in [6.45, 7) is 7.27. The van der Waals surface area contributed by atoms with Crippen LogP contribution < -0.4 is 10.2 Å². The zero-order valence-electron chi connectivity index (χ0n) is 12.2. The highest BCUT2D eigenvalue weighted by molar-refractivity contribution is 5.84. The van der Waals surface area contributed by atoms with E-state index < -0.39 is 0 Å². The number of rotatable bonds is 5. The maximum Gasteiger partial charge on any atom is 0.226 e. The van der Waals surface area contributed by atoms with Crippen LogP contribution in [0.25, 0.3) is 11.2 Å². The lowest BCUT2D eigenvalue weighted by Gasteiger charge is -2.18. The summed E-state index contributed by atoms with van der Waals surface area (Å²) in [5, 5.41) is 3.19. The minimum Gasteiger partial charge on any atom is -0.354 e. The van der Waals surface area contributed by atoms with Gasteiger partial charge in [0.25, 0.3) is 0 Å². The van der Waals surface area contributed by atoms with Gasteiger partial charge in [0.05, 0.1) is 6.33 Å². The Morgan fingerprint density at radius 1 is 1.40 bits per heavy atom. The summed E-state index contributed by atoms with van der Waals surface area (Å²) in [6.07, 6.45) is 5.50. The monoisotopic (exact) mass is 274 g/mol. The topological polar surface area (TPSA) is 69.7 Å². The molecule has 1 aliphatic rings. The molecule has 0 radical (unpaired) electrons. The second kappa shape index (κ2) is 5.64. The van der Waals surface area contributed by atoms with Crippen LogP contribution in [-0.2, 0) is 0 Å². The lowest BCUT2D eigenvalue weighted by molar-refractivity contribution is 0.529. The second-order valence-corrected chi connectivity index (χ2v) is 5.39. The first-order chi connectivity index (χ1) is 9.81. The Bertz CT molecular complexity index is 578. The van der Waals surface area contributed by atoms with Gasteiger partial charge in [-0.2, -0.15) is 9.97 Å². The van der Waals surface area contributed by atoms with Crippen molar-refractivity contribution in [3.63, 3.8) is 0 Å². The van der Waals surface area contributed by atoms with Gasteiger partial charge in [0.2, 0.25) is 5.95 Å². The zero-order valence-corrected chi connectivity index (χ0v) is 12.2. The number of aromatic nitrogens is 4. The average molecular weight is 274 g/mol. The number of hydrogen-bond donors (Lipinski definition) is 2. The van der Waals surface area contributed by atoms with Crippen LogP contribution in [0.15, 0.2) is 6.33 Å². The highest BCUT2D eigenvalue weighted by Crippen LogP contribution is 2.29. The molecule has 0 spiro atoms. The van der Waals surface area contributed by atoms with Crippen LogP contribution in [0.4, 0.5) is 11.8 Å². The molecule has 108 valence electrons. The Kier molecular flexibility index (Phi) is 3.71. The standard InChI is InChI=1S/C14H22N6/c1-3-5-10-6-7-20(8-10)13-11-12(17-9-16-11)18-14(19-13)15-4-2/h9-10H,3-8H2,1-2H3,(H2,15,16,17,18,19). The smallest absolute Gasteiger partial charge is 0.226 e. The molecule has 2 N–H and O–H groups in total. The van der Waals surface area contributed by atoms with E-state index in [2.05, 4.69) is 37.1 Å². The van der Waals surface area contributed by atoms with Gasteiger partial charge in [0.15, 0.2) is 11.5 Å². The predicted molar refractivity (Wildman–Crippen MR) is 81.1 cm³/mol. The predicted octanol–water partition coefficient (Wildman–Crippen LogP) is 2.41. The van der Waals surface area contributed by atoms with E-state index in [9.17, 15) is 0 Å². The molecule has 0 saturated carbocycles. The van der Waals surface area contributed by atoms with E-state index in [0.29, 0.717) is 5.95 Å². The molecule has 1 atom stereocenters. The Morgan fingerprint density at radius 3 is 3.10 bits per heavy atom. The first-order valence-electron chi connectivity index (χ1n) is 7.51. The minimum absolute atomic E-state index is 0.668. The van der Waals surface area contributed by atoms with Gasteiger partial charge in [-0.15, -0.1) is 0 Å². The second-order valence-electron chi connectivity index (χ2n) is 5.39. The number of nitrogens with zero attached hydrogens (tertiary/aromatic N) is 4. The van der Waals surface area contributed by atoms with Crippen molar-refractivity contribution in [2.45, 2.75) is 33.1 Å². The Balaban J connectivity index is 1.91. The number of fused-ring (bicyclic) bond motifs is 1. The van der Waals surface area contributed by atoms with E-state index in [-0.39, 0.29) is 0 Å². The van der Waals surface area contributed by atoms with Crippen molar-refractivity contribution in [3.05, 3.63) is 6.33 Å². The lowest BCUT2D eigenvalue weighted by atomic mass is 10.0. The number of aromatic amines is 1. The third kappa shape index (κ3) is 2.42. The molecule has 1 fully saturated rings. The van der Waals surface area contributed by atoms with E-state index in [1.165, 1.54) is 19.3 Å². The number of imidazole rings is 1. The summed E-state index contributed by atoms with van der Waals surface area (Å²) in [5.41, 5.74) is 1.69. The SMILES string of the molecule is CCCC1CCN(c2nc(NCC)nc3nc[nH]c23)C1. The summed E-state index contributed by atoms with van der Waals surface area (Å²) < 4.78 is 0. The molecule has 0 aromatic carbocycles. The molecule has 0 amide bonds. The van der Waals surface area contributed by atoms with Crippen LogP contribution in [0.1, 0.15) is 33.1 Å². The number of hydrogen-bond acceptors (Lipinski definition) is 5. The Morgan fingerprint density at radius 2 is 2.30 bits per heavy atom. The van der Waals surface area contributed by atoms with E-state index in [1.54, 1.807) is 6.33 Å². The largest absolute Gasteiger partial charge is 0.354 e. The fourth-order valence-corrected chi connectivity index (χ4v) is 2.95. The number of anilines is 2. The van der Waals surface area contributed by atoms with Crippen molar-refractivity contribution >= 4 is 22.9 Å². The van der Waals surface area contributed by atoms with Crippen molar-refractivity contribution < 1.29 is 0 Å². The summed E-state index contributed by atoms with van der Waals surface area (Å²) in [5.74, 6) is 2.44. The van der Waals surface area contributed by atoms with Crippen LogP contribution in [0.3, 0.4) is 0 Å². The Hall–Kier alpha value is -1.85. The van der Waals surface area contributed by atoms with Gasteiger partial charge >= 0.3 is 0 Å². The molecule has 0 aliphatic carbocycles. The molecule has 2 aromatic rings. The van der Waals surface area contributed by atoms with Crippen LogP contribution in [0.2, 0.25) is 0 Å². The quantitative estimate of drug-likeness (QED) is 0.876. The fourth-order valence-electron chi connectivity index (χ4n) is 2.95. The van der Waals surface area contributed by atoms with Crippen LogP contribution in [-0.4, -0.2) is 39.6 Å². The molecule has 3 heterocycles. The third-order valence-corrected chi connectivity index (χ3v) is 3.88. The molecule has 0 bridgehead atoms. The molecule has 6 heteroatoms. The molecule has 1 aliphatic heterocycles. The molecule has 3 rings (SSSR count). The molecule has 1 unspecified atom stereocenters. The van der Waals surface area contributed by atoms with Crippen molar-refractivity contribution in [1.82, 2.24) is 19.9 Å². The molecule has 6 nitrogen and oxygen atoms in total. The van der Waals surface area contributed by atoms with Gasteiger partial charge in [0, 0.05) is 19.6 Å². The molecular weight excluding hydrogens is 252 g/mol. The lowest BCUT2D eigenvalue weighted by Crippen LogP contribution is -2.22. The third-order valence-electron chi connectivity index (χ3n) is 3.88. The number of H-pyrrole nitrogens is 1. The summed E-state index contributed by atoms with van der Waals surface area (Å²) >= 11 is 0. The molecular formula is C14H22N6. The van der Waals surface area contributed by atoms with Gasteiger partial charge in [-0.05, 0) is 25.7 Å². The van der Waals surface area contributed by atoms with Crippen LogP contribution >= 0.6 is 0 Å². The maximum atomic E-state index is 4.67. The first kappa shape index (κ1) is 13.1. The van der Waals surface area contributed by atoms with Gasteiger partial charge in [-0.3, -0.25) is 0 Å². The Labute approximate surface area is 119 Å². The van der Waals surface area contributed by atoms with Gasteiger partial charge < -0.3 is 15.2 Å². The van der Waals surface area contributed by atoms with Crippen LogP contribution in [0, 0.1) is 5.92 Å². The van der Waals surface area contributed by atoms with Crippen LogP contribution in [0.5, 0.6) is 0 Å². The average Bonchev–Trinajstić information content (AvgIpc) is 3.07. The van der Waals surface area contributed by atoms with Crippen molar-refractivity contribution in [2.24, 2.45) is 5.92 Å². The minimum atomic E-state index is 0.668. The van der Waals surface area contributed by atoms with Crippen molar-refractivity contribution in [2.75, 3.05) is 29.9 Å². The summed E-state index contributed by atoms with van der Waals surface area (Å²) in [4.78, 5) is 18.9. The van der Waals surface area contributed by atoms with E-state index in [0.717, 1.165) is 42.5 Å². The van der Waals surface area contributed by atoms with E-state index in [4.69, 9.17) is 0 Å². The highest BCUT2D eigenvalue weighted by Gasteiger charge is 2.25. The zero-order chi connectivity index (χ0) is 13.9. The summed E-state index contributed by atoms with van der Waals surface area (Å²) in [7, 11) is 0. The highest BCUT2D eigenvalue weighted by atomic mass is 15.3. The summed E-state index contributed by atoms with van der Waals surface area (Å²) in [6, 6.07) is 0. The normalized spacial score (nSPS) is 18.9. The maximum absolute atomic E-state index is 4.67. The van der Waals surface area contributed by atoms with Crippen molar-refractivity contribution in [1.29, 1.82) is 0 Å². The molecule has 2 aromatic heterocycles. The fraction of sp³-hybridized carbons (Fsp3) is 0.643.